The first-order chi connectivity index (χ1) is 8.86. The summed E-state index contributed by atoms with van der Waals surface area (Å²) in [5, 5.41) is 15.0. The highest BCUT2D eigenvalue weighted by Gasteiger charge is 2.13. The van der Waals surface area contributed by atoms with Crippen LogP contribution in [-0.4, -0.2) is 32.7 Å². The molecule has 1 unspecified atom stereocenters. The van der Waals surface area contributed by atoms with Crippen molar-refractivity contribution in [2.45, 2.75) is 26.3 Å². The Hall–Kier alpha value is -2.38. The molecule has 1 heterocycles. The zero-order chi connectivity index (χ0) is 14.4. The van der Waals surface area contributed by atoms with Crippen molar-refractivity contribution in [1.29, 1.82) is 0 Å². The Labute approximate surface area is 109 Å². The second kappa shape index (κ2) is 6.53. The second-order valence-corrected chi connectivity index (χ2v) is 4.35. The summed E-state index contributed by atoms with van der Waals surface area (Å²) in [5.41, 5.74) is 5.44. The summed E-state index contributed by atoms with van der Waals surface area (Å²) >= 11 is 0. The average Bonchev–Trinajstić information content (AvgIpc) is 2.62. The normalized spacial score (nSPS) is 11.8. The number of carbonyl (C=O) groups is 3. The minimum atomic E-state index is -0.936. The molecule has 1 aromatic rings. The van der Waals surface area contributed by atoms with Crippen LogP contribution < -0.4 is 11.1 Å². The smallest absolute Gasteiger partial charge is 0.303 e. The van der Waals surface area contributed by atoms with E-state index >= 15 is 0 Å². The summed E-state index contributed by atoms with van der Waals surface area (Å²) in [6.07, 6.45) is 2.91. The molecule has 2 amide bonds. The van der Waals surface area contributed by atoms with Crippen molar-refractivity contribution < 1.29 is 19.5 Å². The number of primary amides is 1. The second-order valence-electron chi connectivity index (χ2n) is 4.35. The summed E-state index contributed by atoms with van der Waals surface area (Å²) in [4.78, 5) is 32.7. The van der Waals surface area contributed by atoms with Crippen LogP contribution in [0.2, 0.25) is 0 Å². The van der Waals surface area contributed by atoms with E-state index in [0.717, 1.165) is 0 Å². The number of hydrogen-bond acceptors (Lipinski definition) is 4. The molecule has 8 heteroatoms. The van der Waals surface area contributed by atoms with Crippen LogP contribution in [0, 0.1) is 5.92 Å². The van der Waals surface area contributed by atoms with Crippen LogP contribution in [0.15, 0.2) is 12.4 Å². The first kappa shape index (κ1) is 14.7. The number of aromatic nitrogens is 2. The van der Waals surface area contributed by atoms with Gasteiger partial charge in [0.25, 0.3) is 0 Å². The molecule has 0 radical (unpaired) electrons. The van der Waals surface area contributed by atoms with Crippen LogP contribution in [0.4, 0.5) is 5.69 Å². The van der Waals surface area contributed by atoms with Crippen LogP contribution >= 0.6 is 0 Å². The summed E-state index contributed by atoms with van der Waals surface area (Å²) < 4.78 is 1.30. The minimum Gasteiger partial charge on any atom is -0.481 e. The summed E-state index contributed by atoms with van der Waals surface area (Å²) in [6.45, 7) is 1.62. The minimum absolute atomic E-state index is 0.0612. The molecule has 1 atom stereocenters. The van der Waals surface area contributed by atoms with Gasteiger partial charge in [0.05, 0.1) is 11.9 Å². The van der Waals surface area contributed by atoms with Crippen molar-refractivity contribution in [3.63, 3.8) is 0 Å². The standard InChI is InChI=1S/C11H16N4O4/c1-7(3-11(18)19)2-10(17)14-8-4-13-15(5-8)6-9(12)16/h4-5,7H,2-3,6H2,1H3,(H2,12,16)(H,14,17)(H,18,19). The lowest BCUT2D eigenvalue weighted by molar-refractivity contribution is -0.138. The van der Waals surface area contributed by atoms with Crippen LogP contribution in [0.25, 0.3) is 0 Å². The number of amides is 2. The van der Waals surface area contributed by atoms with Crippen molar-refractivity contribution in [2.75, 3.05) is 5.32 Å². The van der Waals surface area contributed by atoms with Crippen LogP contribution in [0.5, 0.6) is 0 Å². The van der Waals surface area contributed by atoms with Gasteiger partial charge in [0.1, 0.15) is 6.54 Å². The van der Waals surface area contributed by atoms with Gasteiger partial charge in [-0.1, -0.05) is 6.92 Å². The lowest BCUT2D eigenvalue weighted by Crippen LogP contribution is -2.19. The molecule has 0 spiro atoms. The van der Waals surface area contributed by atoms with Crippen molar-refractivity contribution in [3.05, 3.63) is 12.4 Å². The van der Waals surface area contributed by atoms with Crippen LogP contribution in [-0.2, 0) is 20.9 Å². The quantitative estimate of drug-likeness (QED) is 0.631. The molecule has 0 fully saturated rings. The van der Waals surface area contributed by atoms with Crippen molar-refractivity contribution in [1.82, 2.24) is 9.78 Å². The van der Waals surface area contributed by atoms with Gasteiger partial charge in [-0.05, 0) is 5.92 Å². The van der Waals surface area contributed by atoms with E-state index in [1.165, 1.54) is 17.1 Å². The molecule has 8 nitrogen and oxygen atoms in total. The number of rotatable bonds is 7. The van der Waals surface area contributed by atoms with E-state index < -0.39 is 11.9 Å². The molecule has 19 heavy (non-hydrogen) atoms. The van der Waals surface area contributed by atoms with Gasteiger partial charge in [-0.25, -0.2) is 0 Å². The Balaban J connectivity index is 2.46. The Morgan fingerprint density at radius 2 is 2.16 bits per heavy atom. The van der Waals surface area contributed by atoms with E-state index in [4.69, 9.17) is 10.8 Å². The van der Waals surface area contributed by atoms with Gasteiger partial charge >= 0.3 is 5.97 Å². The van der Waals surface area contributed by atoms with Gasteiger partial charge in [0, 0.05) is 19.0 Å². The fraction of sp³-hybridized carbons (Fsp3) is 0.455. The fourth-order valence-corrected chi connectivity index (χ4v) is 1.57. The summed E-state index contributed by atoms with van der Waals surface area (Å²) in [7, 11) is 0. The maximum atomic E-state index is 11.6. The fourth-order valence-electron chi connectivity index (χ4n) is 1.57. The van der Waals surface area contributed by atoms with E-state index in [9.17, 15) is 14.4 Å². The maximum Gasteiger partial charge on any atom is 0.303 e. The molecule has 0 aliphatic carbocycles. The Morgan fingerprint density at radius 3 is 2.74 bits per heavy atom. The number of carboxylic acids is 1. The Kier molecular flexibility index (Phi) is 5.04. The Morgan fingerprint density at radius 1 is 1.47 bits per heavy atom. The molecule has 0 aromatic carbocycles. The lowest BCUT2D eigenvalue weighted by Gasteiger charge is -2.07. The van der Waals surface area contributed by atoms with Gasteiger partial charge in [-0.3, -0.25) is 19.1 Å². The molecular weight excluding hydrogens is 252 g/mol. The molecule has 0 saturated carbocycles. The highest BCUT2D eigenvalue weighted by Crippen LogP contribution is 2.11. The van der Waals surface area contributed by atoms with E-state index in [2.05, 4.69) is 10.4 Å². The van der Waals surface area contributed by atoms with Gasteiger partial charge in [-0.15, -0.1) is 0 Å². The van der Waals surface area contributed by atoms with E-state index in [-0.39, 0.29) is 31.2 Å². The predicted molar refractivity (Wildman–Crippen MR) is 66.1 cm³/mol. The summed E-state index contributed by atoms with van der Waals surface area (Å²) in [6, 6.07) is 0. The topological polar surface area (TPSA) is 127 Å². The Bertz CT molecular complexity index is 483. The number of nitrogens with one attached hydrogen (secondary N) is 1. The van der Waals surface area contributed by atoms with Crippen molar-refractivity contribution in [2.24, 2.45) is 11.7 Å². The third kappa shape index (κ3) is 5.66. The molecule has 1 aromatic heterocycles. The molecular formula is C11H16N4O4. The number of nitrogens with zero attached hydrogens (tertiary/aromatic N) is 2. The van der Waals surface area contributed by atoms with Crippen LogP contribution in [0.1, 0.15) is 19.8 Å². The van der Waals surface area contributed by atoms with E-state index in [1.54, 1.807) is 6.92 Å². The molecule has 0 saturated heterocycles. The molecule has 104 valence electrons. The third-order valence-corrected chi connectivity index (χ3v) is 2.29. The largest absolute Gasteiger partial charge is 0.481 e. The predicted octanol–water partition coefficient (Wildman–Crippen LogP) is -0.192. The van der Waals surface area contributed by atoms with E-state index in [1.807, 2.05) is 0 Å². The lowest BCUT2D eigenvalue weighted by atomic mass is 10.0. The van der Waals surface area contributed by atoms with Gasteiger partial charge in [0.2, 0.25) is 11.8 Å². The number of aliphatic carboxylic acids is 1. The van der Waals surface area contributed by atoms with Crippen LogP contribution in [0.3, 0.4) is 0 Å². The highest BCUT2D eigenvalue weighted by atomic mass is 16.4. The first-order valence-electron chi connectivity index (χ1n) is 5.69. The third-order valence-electron chi connectivity index (χ3n) is 2.29. The number of nitrogens with two attached hydrogens (primary N) is 1. The monoisotopic (exact) mass is 268 g/mol. The highest BCUT2D eigenvalue weighted by molar-refractivity contribution is 5.90. The SMILES string of the molecule is CC(CC(=O)O)CC(=O)Nc1cnn(CC(N)=O)c1. The molecule has 0 aliphatic rings. The molecule has 1 rings (SSSR count). The van der Waals surface area contributed by atoms with Gasteiger partial charge in [-0.2, -0.15) is 5.10 Å². The van der Waals surface area contributed by atoms with Gasteiger partial charge in [0.15, 0.2) is 0 Å². The number of carbonyl (C=O) groups excluding carboxylic acids is 2. The molecule has 4 N–H and O–H groups in total. The van der Waals surface area contributed by atoms with E-state index in [0.29, 0.717) is 5.69 Å². The summed E-state index contributed by atoms with van der Waals surface area (Å²) in [5.74, 6) is -2.02. The average molecular weight is 268 g/mol. The number of carboxylic acid groups (broad SMARTS) is 1. The number of hydrogen-bond donors (Lipinski definition) is 3. The number of anilines is 1. The van der Waals surface area contributed by atoms with Crippen molar-refractivity contribution >= 4 is 23.5 Å². The first-order valence-corrected chi connectivity index (χ1v) is 5.69. The zero-order valence-electron chi connectivity index (χ0n) is 10.5. The zero-order valence-corrected chi connectivity index (χ0v) is 10.5. The van der Waals surface area contributed by atoms with Gasteiger partial charge < -0.3 is 16.2 Å². The van der Waals surface area contributed by atoms with Crippen molar-refractivity contribution in [3.8, 4) is 0 Å². The molecule has 0 bridgehead atoms. The maximum absolute atomic E-state index is 11.6. The molecule has 0 aliphatic heterocycles.